The lowest BCUT2D eigenvalue weighted by molar-refractivity contribution is 0.326. The van der Waals surface area contributed by atoms with E-state index in [4.69, 9.17) is 0 Å². The normalized spacial score (nSPS) is 20.9. The van der Waals surface area contributed by atoms with Gasteiger partial charge in [0.1, 0.15) is 0 Å². The zero-order chi connectivity index (χ0) is 11.9. The van der Waals surface area contributed by atoms with Gasteiger partial charge in [-0.3, -0.25) is 0 Å². The third-order valence-electron chi connectivity index (χ3n) is 3.61. The van der Waals surface area contributed by atoms with E-state index in [1.165, 1.54) is 44.6 Å². The van der Waals surface area contributed by atoms with E-state index in [-0.39, 0.29) is 0 Å². The number of hydrogen-bond donors (Lipinski definition) is 1. The maximum atomic E-state index is 3.46. The summed E-state index contributed by atoms with van der Waals surface area (Å²) in [4.78, 5) is 2.61. The Morgan fingerprint density at radius 1 is 1.29 bits per heavy atom. The lowest BCUT2D eigenvalue weighted by atomic mass is 10.1. The molecule has 2 heteroatoms. The van der Waals surface area contributed by atoms with Crippen LogP contribution in [0.3, 0.4) is 0 Å². The number of hydrogen-bond acceptors (Lipinski definition) is 2. The van der Waals surface area contributed by atoms with E-state index in [0.717, 1.165) is 12.5 Å². The third-order valence-corrected chi connectivity index (χ3v) is 3.61. The van der Waals surface area contributed by atoms with Crippen LogP contribution in [0.25, 0.3) is 0 Å². The van der Waals surface area contributed by atoms with E-state index in [9.17, 15) is 0 Å². The van der Waals surface area contributed by atoms with Crippen molar-refractivity contribution < 1.29 is 0 Å². The van der Waals surface area contributed by atoms with E-state index in [0.29, 0.717) is 0 Å². The van der Waals surface area contributed by atoms with Gasteiger partial charge < -0.3 is 10.2 Å². The zero-order valence-electron chi connectivity index (χ0n) is 10.9. The molecule has 94 valence electrons. The minimum absolute atomic E-state index is 0.866. The highest BCUT2D eigenvalue weighted by Gasteiger charge is 2.21. The minimum atomic E-state index is 0.866. The molecule has 0 aliphatic carbocycles. The van der Waals surface area contributed by atoms with Crippen molar-refractivity contribution in [2.75, 3.05) is 32.7 Å². The van der Waals surface area contributed by atoms with Crippen LogP contribution in [0.2, 0.25) is 0 Å². The standard InChI is InChI=1S/C15H24N2/c1-2-16-12-15-9-11-17(13-15)10-8-14-6-4-3-5-7-14/h3-7,15-16H,2,8-13H2,1H3/t15-/m0/s1. The van der Waals surface area contributed by atoms with Crippen molar-refractivity contribution in [3.63, 3.8) is 0 Å². The molecule has 1 heterocycles. The molecule has 0 amide bonds. The molecule has 0 aromatic heterocycles. The smallest absolute Gasteiger partial charge is 0.00224 e. The molecular formula is C15H24N2. The molecule has 1 aliphatic rings. The summed E-state index contributed by atoms with van der Waals surface area (Å²) in [7, 11) is 0. The molecule has 0 bridgehead atoms. The number of benzene rings is 1. The van der Waals surface area contributed by atoms with Gasteiger partial charge >= 0.3 is 0 Å². The van der Waals surface area contributed by atoms with Gasteiger partial charge in [-0.25, -0.2) is 0 Å². The Bertz CT molecular complexity index is 310. The van der Waals surface area contributed by atoms with Gasteiger partial charge in [-0.15, -0.1) is 0 Å². The molecule has 1 aliphatic heterocycles. The van der Waals surface area contributed by atoms with Gasteiger partial charge in [-0.05, 0) is 44.0 Å². The maximum Gasteiger partial charge on any atom is 0.00224 e. The first-order valence-electron chi connectivity index (χ1n) is 6.85. The Labute approximate surface area is 105 Å². The molecule has 0 radical (unpaired) electrons. The van der Waals surface area contributed by atoms with Crippen molar-refractivity contribution in [3.8, 4) is 0 Å². The molecule has 0 spiro atoms. The van der Waals surface area contributed by atoms with Crippen LogP contribution in [-0.4, -0.2) is 37.6 Å². The quantitative estimate of drug-likeness (QED) is 0.808. The third kappa shape index (κ3) is 4.14. The summed E-state index contributed by atoms with van der Waals surface area (Å²) in [6, 6.07) is 10.8. The molecule has 2 nitrogen and oxygen atoms in total. The highest BCUT2D eigenvalue weighted by atomic mass is 15.1. The molecule has 1 saturated heterocycles. The summed E-state index contributed by atoms with van der Waals surface area (Å²) < 4.78 is 0. The van der Waals surface area contributed by atoms with E-state index in [1.807, 2.05) is 0 Å². The summed E-state index contributed by atoms with van der Waals surface area (Å²) in [6.45, 7) is 8.25. The fourth-order valence-electron chi connectivity index (χ4n) is 2.56. The van der Waals surface area contributed by atoms with Crippen LogP contribution in [0.1, 0.15) is 18.9 Å². The van der Waals surface area contributed by atoms with E-state index in [1.54, 1.807) is 0 Å². The minimum Gasteiger partial charge on any atom is -0.317 e. The molecule has 0 saturated carbocycles. The highest BCUT2D eigenvalue weighted by molar-refractivity contribution is 5.14. The molecule has 2 rings (SSSR count). The van der Waals surface area contributed by atoms with E-state index in [2.05, 4.69) is 47.5 Å². The van der Waals surface area contributed by atoms with Gasteiger partial charge in [-0.2, -0.15) is 0 Å². The fourth-order valence-corrected chi connectivity index (χ4v) is 2.56. The van der Waals surface area contributed by atoms with Crippen molar-refractivity contribution in [3.05, 3.63) is 35.9 Å². The number of rotatable bonds is 6. The molecular weight excluding hydrogens is 208 g/mol. The number of nitrogens with one attached hydrogen (secondary N) is 1. The average molecular weight is 232 g/mol. The van der Waals surface area contributed by atoms with Crippen LogP contribution in [0.15, 0.2) is 30.3 Å². The van der Waals surface area contributed by atoms with Crippen molar-refractivity contribution in [1.82, 2.24) is 10.2 Å². The monoisotopic (exact) mass is 232 g/mol. The number of nitrogens with zero attached hydrogens (tertiary/aromatic N) is 1. The topological polar surface area (TPSA) is 15.3 Å². The van der Waals surface area contributed by atoms with Crippen molar-refractivity contribution >= 4 is 0 Å². The first-order valence-corrected chi connectivity index (χ1v) is 6.85. The molecule has 1 atom stereocenters. The largest absolute Gasteiger partial charge is 0.317 e. The second-order valence-electron chi connectivity index (χ2n) is 5.00. The van der Waals surface area contributed by atoms with Gasteiger partial charge in [-0.1, -0.05) is 37.3 Å². The lowest BCUT2D eigenvalue weighted by Crippen LogP contribution is -2.27. The number of likely N-dealkylation sites (tertiary alicyclic amines) is 1. The molecule has 0 unspecified atom stereocenters. The Balaban J connectivity index is 1.68. The summed E-state index contributed by atoms with van der Waals surface area (Å²) in [5.41, 5.74) is 1.46. The summed E-state index contributed by atoms with van der Waals surface area (Å²) in [6.07, 6.45) is 2.55. The summed E-state index contributed by atoms with van der Waals surface area (Å²) in [5.74, 6) is 0.866. The van der Waals surface area contributed by atoms with E-state index >= 15 is 0 Å². The molecule has 1 aromatic rings. The Morgan fingerprint density at radius 3 is 2.88 bits per heavy atom. The van der Waals surface area contributed by atoms with Crippen LogP contribution >= 0.6 is 0 Å². The van der Waals surface area contributed by atoms with E-state index < -0.39 is 0 Å². The highest BCUT2D eigenvalue weighted by Crippen LogP contribution is 2.15. The average Bonchev–Trinajstić information content (AvgIpc) is 2.83. The first-order chi connectivity index (χ1) is 8.38. The van der Waals surface area contributed by atoms with Gasteiger partial charge in [0.2, 0.25) is 0 Å². The Morgan fingerprint density at radius 2 is 2.12 bits per heavy atom. The molecule has 1 fully saturated rings. The van der Waals surface area contributed by atoms with Crippen LogP contribution in [0, 0.1) is 5.92 Å². The summed E-state index contributed by atoms with van der Waals surface area (Å²) >= 11 is 0. The Kier molecular flexibility index (Phi) is 5.02. The van der Waals surface area contributed by atoms with Gasteiger partial charge in [0.05, 0.1) is 0 Å². The predicted molar refractivity (Wildman–Crippen MR) is 73.2 cm³/mol. The van der Waals surface area contributed by atoms with Crippen molar-refractivity contribution in [1.29, 1.82) is 0 Å². The van der Waals surface area contributed by atoms with Gasteiger partial charge in [0, 0.05) is 13.1 Å². The van der Waals surface area contributed by atoms with Gasteiger partial charge in [0.15, 0.2) is 0 Å². The summed E-state index contributed by atoms with van der Waals surface area (Å²) in [5, 5.41) is 3.46. The second-order valence-corrected chi connectivity index (χ2v) is 5.00. The van der Waals surface area contributed by atoms with Crippen LogP contribution in [-0.2, 0) is 6.42 Å². The van der Waals surface area contributed by atoms with Crippen LogP contribution in [0.4, 0.5) is 0 Å². The maximum absolute atomic E-state index is 3.46. The van der Waals surface area contributed by atoms with Gasteiger partial charge in [0.25, 0.3) is 0 Å². The molecule has 1 aromatic carbocycles. The van der Waals surface area contributed by atoms with Crippen molar-refractivity contribution in [2.45, 2.75) is 19.8 Å². The molecule has 17 heavy (non-hydrogen) atoms. The fraction of sp³-hybridized carbons (Fsp3) is 0.600. The van der Waals surface area contributed by atoms with Crippen LogP contribution < -0.4 is 5.32 Å². The zero-order valence-corrected chi connectivity index (χ0v) is 10.9. The molecule has 1 N–H and O–H groups in total. The second kappa shape index (κ2) is 6.77. The van der Waals surface area contributed by atoms with Crippen molar-refractivity contribution in [2.24, 2.45) is 5.92 Å². The SMILES string of the molecule is CCNC[C@@H]1CCN(CCc2ccccc2)C1. The predicted octanol–water partition coefficient (Wildman–Crippen LogP) is 2.16. The Hall–Kier alpha value is -0.860. The first kappa shape index (κ1) is 12.6. The lowest BCUT2D eigenvalue weighted by Gasteiger charge is -2.16. The van der Waals surface area contributed by atoms with Crippen LogP contribution in [0.5, 0.6) is 0 Å².